The van der Waals surface area contributed by atoms with Gasteiger partial charge in [-0.2, -0.15) is 0 Å². The zero-order chi connectivity index (χ0) is 6.85. The molecule has 52 valence electrons. The molecule has 0 aromatic heterocycles. The third-order valence-corrected chi connectivity index (χ3v) is 6.38. The SMILES string of the molecule is CC1CCCC(C)[CH]1[SnH]. The van der Waals surface area contributed by atoms with Crippen molar-refractivity contribution >= 4 is 22.5 Å². The van der Waals surface area contributed by atoms with Crippen LogP contribution in [-0.4, -0.2) is 22.5 Å². The van der Waals surface area contributed by atoms with E-state index >= 15 is 0 Å². The Morgan fingerprint density at radius 1 is 1.11 bits per heavy atom. The van der Waals surface area contributed by atoms with Gasteiger partial charge in [0, 0.05) is 0 Å². The predicted molar refractivity (Wildman–Crippen MR) is 43.1 cm³/mol. The maximum absolute atomic E-state index is 2.42. The summed E-state index contributed by atoms with van der Waals surface area (Å²) in [5.41, 5.74) is 0. The molecule has 2 atom stereocenters. The summed E-state index contributed by atoms with van der Waals surface area (Å²) >= 11 is 1.48. The van der Waals surface area contributed by atoms with Crippen molar-refractivity contribution in [1.29, 1.82) is 0 Å². The molecule has 0 amide bonds. The summed E-state index contributed by atoms with van der Waals surface area (Å²) in [4.78, 5) is 0. The Morgan fingerprint density at radius 3 is 1.89 bits per heavy atom. The van der Waals surface area contributed by atoms with Crippen LogP contribution in [-0.2, 0) is 0 Å². The van der Waals surface area contributed by atoms with Crippen LogP contribution in [0.3, 0.4) is 0 Å². The molecule has 0 aromatic rings. The van der Waals surface area contributed by atoms with Gasteiger partial charge in [0.05, 0.1) is 0 Å². The maximum atomic E-state index is 2.42. The summed E-state index contributed by atoms with van der Waals surface area (Å²) in [5, 5.41) is 0. The fourth-order valence-electron chi connectivity index (χ4n) is 1.71. The predicted octanol–water partition coefficient (Wildman–Crippen LogP) is 2.13. The van der Waals surface area contributed by atoms with Gasteiger partial charge in [0.15, 0.2) is 0 Å². The van der Waals surface area contributed by atoms with Crippen molar-refractivity contribution in [3.05, 3.63) is 0 Å². The molecule has 1 aliphatic rings. The van der Waals surface area contributed by atoms with E-state index in [0.717, 1.165) is 15.8 Å². The molecular formula is C8H16Sn. The second kappa shape index (κ2) is 3.27. The summed E-state index contributed by atoms with van der Waals surface area (Å²) in [7, 11) is 0. The Kier molecular flexibility index (Phi) is 2.87. The van der Waals surface area contributed by atoms with Crippen molar-refractivity contribution in [2.24, 2.45) is 11.8 Å². The Morgan fingerprint density at radius 2 is 1.56 bits per heavy atom. The molecule has 0 saturated heterocycles. The van der Waals surface area contributed by atoms with Gasteiger partial charge in [-0.1, -0.05) is 0 Å². The average Bonchev–Trinajstić information content (AvgIpc) is 1.83. The minimum absolute atomic E-state index is 1.04. The van der Waals surface area contributed by atoms with Crippen LogP contribution in [0.15, 0.2) is 0 Å². The molecule has 0 nitrogen and oxygen atoms in total. The van der Waals surface area contributed by atoms with Crippen LogP contribution in [0.4, 0.5) is 0 Å². The van der Waals surface area contributed by atoms with Crippen molar-refractivity contribution in [3.63, 3.8) is 0 Å². The van der Waals surface area contributed by atoms with Crippen LogP contribution in [0.25, 0.3) is 0 Å². The third-order valence-electron chi connectivity index (χ3n) is 2.63. The van der Waals surface area contributed by atoms with Gasteiger partial charge in [0.2, 0.25) is 0 Å². The van der Waals surface area contributed by atoms with E-state index in [-0.39, 0.29) is 0 Å². The molecule has 9 heavy (non-hydrogen) atoms. The first kappa shape index (κ1) is 7.90. The van der Waals surface area contributed by atoms with Crippen LogP contribution in [0.2, 0.25) is 3.93 Å². The van der Waals surface area contributed by atoms with Gasteiger partial charge in [-0.05, 0) is 0 Å². The van der Waals surface area contributed by atoms with Crippen molar-refractivity contribution in [2.45, 2.75) is 37.0 Å². The molecule has 1 fully saturated rings. The number of hydrogen-bond acceptors (Lipinski definition) is 0. The normalized spacial score (nSPS) is 45.0. The van der Waals surface area contributed by atoms with Crippen molar-refractivity contribution in [1.82, 2.24) is 0 Å². The van der Waals surface area contributed by atoms with E-state index in [2.05, 4.69) is 13.8 Å². The standard InChI is InChI=1S/C8H15.Sn.H/c1-7-4-3-5-8(2)6-7;;/h6-8H,3-5H2,1-2H3;;. The molecule has 0 N–H and O–H groups in total. The van der Waals surface area contributed by atoms with Gasteiger partial charge in [-0.15, -0.1) is 0 Å². The van der Waals surface area contributed by atoms with Crippen molar-refractivity contribution in [2.75, 3.05) is 0 Å². The van der Waals surface area contributed by atoms with Crippen LogP contribution in [0.5, 0.6) is 0 Å². The molecule has 2 unspecified atom stereocenters. The summed E-state index contributed by atoms with van der Waals surface area (Å²) in [6.07, 6.45) is 4.48. The van der Waals surface area contributed by atoms with E-state index in [1.807, 2.05) is 0 Å². The van der Waals surface area contributed by atoms with E-state index in [9.17, 15) is 0 Å². The fourth-order valence-corrected chi connectivity index (χ4v) is 2.81. The van der Waals surface area contributed by atoms with Gasteiger partial charge in [0.1, 0.15) is 0 Å². The second-order valence-electron chi connectivity index (χ2n) is 3.46. The van der Waals surface area contributed by atoms with E-state index in [0.29, 0.717) is 0 Å². The minimum atomic E-state index is 1.04. The van der Waals surface area contributed by atoms with E-state index < -0.39 is 0 Å². The molecule has 1 rings (SSSR count). The zero-order valence-corrected chi connectivity index (χ0v) is 9.73. The molecule has 0 spiro atoms. The van der Waals surface area contributed by atoms with Gasteiger partial charge in [-0.3, -0.25) is 0 Å². The monoisotopic (exact) mass is 232 g/mol. The Bertz CT molecular complexity index is 80.6. The first-order valence-electron chi connectivity index (χ1n) is 3.97. The van der Waals surface area contributed by atoms with Crippen LogP contribution in [0, 0.1) is 11.8 Å². The quantitative estimate of drug-likeness (QED) is 0.560. The van der Waals surface area contributed by atoms with Gasteiger partial charge < -0.3 is 0 Å². The fraction of sp³-hybridized carbons (Fsp3) is 1.00. The van der Waals surface area contributed by atoms with Gasteiger partial charge in [0.25, 0.3) is 0 Å². The molecule has 0 aromatic carbocycles. The molecule has 1 saturated carbocycles. The second-order valence-corrected chi connectivity index (χ2v) is 5.66. The van der Waals surface area contributed by atoms with E-state index in [1.165, 1.54) is 41.8 Å². The molecular weight excluding hydrogens is 215 g/mol. The van der Waals surface area contributed by atoms with E-state index in [1.54, 1.807) is 0 Å². The third kappa shape index (κ3) is 1.86. The number of hydrogen-bond donors (Lipinski definition) is 0. The molecule has 1 heteroatoms. The van der Waals surface area contributed by atoms with Crippen LogP contribution >= 0.6 is 0 Å². The molecule has 0 bridgehead atoms. The molecule has 1 aliphatic carbocycles. The zero-order valence-electron chi connectivity index (χ0n) is 6.43. The Labute approximate surface area is 71.5 Å². The first-order chi connectivity index (χ1) is 4.22. The summed E-state index contributed by atoms with van der Waals surface area (Å²) in [5.74, 6) is 2.08. The molecule has 0 aliphatic heterocycles. The summed E-state index contributed by atoms with van der Waals surface area (Å²) in [6, 6.07) is 0. The molecule has 2 radical (unpaired) electrons. The first-order valence-corrected chi connectivity index (χ1v) is 5.87. The van der Waals surface area contributed by atoms with Gasteiger partial charge >= 0.3 is 71.4 Å². The topological polar surface area (TPSA) is 0 Å². The van der Waals surface area contributed by atoms with Crippen LogP contribution < -0.4 is 0 Å². The van der Waals surface area contributed by atoms with Crippen LogP contribution in [0.1, 0.15) is 33.1 Å². The summed E-state index contributed by atoms with van der Waals surface area (Å²) < 4.78 is 1.10. The van der Waals surface area contributed by atoms with E-state index in [4.69, 9.17) is 0 Å². The molecule has 0 heterocycles. The Hall–Kier alpha value is 0.799. The number of rotatable bonds is 0. The Balaban J connectivity index is 2.41. The average molecular weight is 231 g/mol. The van der Waals surface area contributed by atoms with Gasteiger partial charge in [-0.25, -0.2) is 0 Å². The van der Waals surface area contributed by atoms with Crippen molar-refractivity contribution < 1.29 is 0 Å². The summed E-state index contributed by atoms with van der Waals surface area (Å²) in [6.45, 7) is 4.84. The van der Waals surface area contributed by atoms with Crippen molar-refractivity contribution in [3.8, 4) is 0 Å².